The van der Waals surface area contributed by atoms with Gasteiger partial charge in [-0.1, -0.05) is 24.9 Å². The zero-order valence-corrected chi connectivity index (χ0v) is 13.1. The van der Waals surface area contributed by atoms with Gasteiger partial charge in [-0.05, 0) is 40.8 Å². The molecule has 0 radical (unpaired) electrons. The van der Waals surface area contributed by atoms with Crippen LogP contribution in [-0.4, -0.2) is 29.2 Å². The highest BCUT2D eigenvalue weighted by Gasteiger charge is 2.11. The fraction of sp³-hybridized carbons (Fsp3) is 0.800. The third kappa shape index (κ3) is 7.33. The Bertz CT molecular complexity index is 355. The predicted molar refractivity (Wildman–Crippen MR) is 79.0 cm³/mol. The molecule has 1 rings (SSSR count). The highest BCUT2D eigenvalue weighted by Crippen LogP contribution is 2.09. The molecule has 0 fully saturated rings. The molecule has 4 heteroatoms. The van der Waals surface area contributed by atoms with E-state index in [9.17, 15) is 0 Å². The first-order valence-electron chi connectivity index (χ1n) is 7.29. The Morgan fingerprint density at radius 1 is 1.32 bits per heavy atom. The molecule has 0 aromatic carbocycles. The predicted octanol–water partition coefficient (Wildman–Crippen LogP) is 3.18. The van der Waals surface area contributed by atoms with E-state index in [1.54, 1.807) is 0 Å². The second kappa shape index (κ2) is 7.65. The summed E-state index contributed by atoms with van der Waals surface area (Å²) in [5.74, 6) is 0.949. The van der Waals surface area contributed by atoms with Crippen LogP contribution in [0, 0.1) is 0 Å². The molecule has 0 unspecified atom stereocenters. The monoisotopic (exact) mass is 267 g/mol. The van der Waals surface area contributed by atoms with Crippen molar-refractivity contribution >= 4 is 0 Å². The van der Waals surface area contributed by atoms with Gasteiger partial charge >= 0.3 is 0 Å². The molecule has 0 aliphatic carbocycles. The summed E-state index contributed by atoms with van der Waals surface area (Å²) in [4.78, 5) is 2.29. The van der Waals surface area contributed by atoms with Gasteiger partial charge in [0.15, 0.2) is 5.76 Å². The van der Waals surface area contributed by atoms with Crippen molar-refractivity contribution in [2.45, 2.75) is 65.6 Å². The molecule has 110 valence electrons. The van der Waals surface area contributed by atoms with Crippen LogP contribution in [0.25, 0.3) is 0 Å². The van der Waals surface area contributed by atoms with Crippen LogP contribution >= 0.6 is 0 Å². The molecule has 19 heavy (non-hydrogen) atoms. The van der Waals surface area contributed by atoms with Gasteiger partial charge in [-0.2, -0.15) is 0 Å². The summed E-state index contributed by atoms with van der Waals surface area (Å²) in [6.45, 7) is 11.4. The zero-order valence-electron chi connectivity index (χ0n) is 13.1. The minimum absolute atomic E-state index is 0.107. The molecular weight excluding hydrogens is 238 g/mol. The maximum Gasteiger partial charge on any atom is 0.151 e. The molecule has 0 atom stereocenters. The molecule has 0 spiro atoms. The average Bonchev–Trinajstić information content (AvgIpc) is 2.73. The van der Waals surface area contributed by atoms with Crippen molar-refractivity contribution in [3.63, 3.8) is 0 Å². The summed E-state index contributed by atoms with van der Waals surface area (Å²) >= 11 is 0. The molecule has 0 saturated carbocycles. The number of hydrogen-bond acceptors (Lipinski definition) is 4. The molecule has 1 aromatic heterocycles. The highest BCUT2D eigenvalue weighted by molar-refractivity contribution is 5.05. The minimum Gasteiger partial charge on any atom is -0.360 e. The number of rotatable bonds is 8. The first-order valence-corrected chi connectivity index (χ1v) is 7.29. The Morgan fingerprint density at radius 2 is 2.05 bits per heavy atom. The Kier molecular flexibility index (Phi) is 6.52. The van der Waals surface area contributed by atoms with E-state index in [0.29, 0.717) is 0 Å². The minimum atomic E-state index is 0.107. The molecular formula is C15H29N3O. The number of nitrogens with one attached hydrogen (secondary N) is 1. The Labute approximate surface area is 117 Å². The quantitative estimate of drug-likeness (QED) is 0.734. The van der Waals surface area contributed by atoms with Crippen molar-refractivity contribution in [3.8, 4) is 0 Å². The number of unbranched alkanes of at least 4 members (excludes halogenated alkanes) is 2. The Hall–Kier alpha value is -0.870. The van der Waals surface area contributed by atoms with Crippen LogP contribution < -0.4 is 5.32 Å². The SMILES string of the molecule is CCCCCN(C)Cc1cc(CNC(C)(C)C)no1. The Balaban J connectivity index is 2.33. The molecule has 0 saturated heterocycles. The van der Waals surface area contributed by atoms with Gasteiger partial charge in [0.2, 0.25) is 0 Å². The maximum atomic E-state index is 5.38. The summed E-state index contributed by atoms with van der Waals surface area (Å²) in [6.07, 6.45) is 3.81. The average molecular weight is 267 g/mol. The summed E-state index contributed by atoms with van der Waals surface area (Å²) in [6, 6.07) is 2.05. The van der Waals surface area contributed by atoms with Crippen molar-refractivity contribution in [1.29, 1.82) is 0 Å². The zero-order chi connectivity index (χ0) is 14.3. The molecule has 4 nitrogen and oxygen atoms in total. The van der Waals surface area contributed by atoms with Crippen LogP contribution in [0.5, 0.6) is 0 Å². The molecule has 1 N–H and O–H groups in total. The molecule has 1 heterocycles. The van der Waals surface area contributed by atoms with Crippen molar-refractivity contribution in [3.05, 3.63) is 17.5 Å². The van der Waals surface area contributed by atoms with Crippen LogP contribution in [0.15, 0.2) is 10.6 Å². The lowest BCUT2D eigenvalue weighted by Gasteiger charge is -2.19. The van der Waals surface area contributed by atoms with Crippen LogP contribution in [0.3, 0.4) is 0 Å². The second-order valence-corrected chi connectivity index (χ2v) is 6.33. The van der Waals surface area contributed by atoms with E-state index in [2.05, 4.69) is 56.2 Å². The van der Waals surface area contributed by atoms with Gasteiger partial charge in [0.05, 0.1) is 12.2 Å². The van der Waals surface area contributed by atoms with Crippen molar-refractivity contribution < 1.29 is 4.52 Å². The lowest BCUT2D eigenvalue weighted by Crippen LogP contribution is -2.35. The molecule has 1 aromatic rings. The normalized spacial score (nSPS) is 12.3. The number of hydrogen-bond donors (Lipinski definition) is 1. The standard InChI is InChI=1S/C15H29N3O/c1-6-7-8-9-18(5)12-14-10-13(17-19-14)11-16-15(2,3)4/h10,16H,6-9,11-12H2,1-5H3. The molecule has 0 aliphatic heterocycles. The molecule has 0 aliphatic rings. The van der Waals surface area contributed by atoms with E-state index >= 15 is 0 Å². The first-order chi connectivity index (χ1) is 8.90. The third-order valence-corrected chi connectivity index (χ3v) is 2.98. The van der Waals surface area contributed by atoms with Gasteiger partial charge in [-0.3, -0.25) is 4.90 Å². The lowest BCUT2D eigenvalue weighted by atomic mass is 10.1. The smallest absolute Gasteiger partial charge is 0.151 e. The van der Waals surface area contributed by atoms with Gasteiger partial charge in [0, 0.05) is 18.2 Å². The third-order valence-electron chi connectivity index (χ3n) is 2.98. The van der Waals surface area contributed by atoms with Crippen molar-refractivity contribution in [2.24, 2.45) is 0 Å². The van der Waals surface area contributed by atoms with Gasteiger partial charge in [0.1, 0.15) is 0 Å². The summed E-state index contributed by atoms with van der Waals surface area (Å²) in [5, 5.41) is 7.52. The van der Waals surface area contributed by atoms with Crippen molar-refractivity contribution in [2.75, 3.05) is 13.6 Å². The van der Waals surface area contributed by atoms with E-state index < -0.39 is 0 Å². The van der Waals surface area contributed by atoms with E-state index in [1.807, 2.05) is 0 Å². The van der Waals surface area contributed by atoms with E-state index in [4.69, 9.17) is 4.52 Å². The van der Waals surface area contributed by atoms with E-state index in [1.165, 1.54) is 19.3 Å². The highest BCUT2D eigenvalue weighted by atomic mass is 16.5. The van der Waals surface area contributed by atoms with Gasteiger partial charge in [0.25, 0.3) is 0 Å². The lowest BCUT2D eigenvalue weighted by molar-refractivity contribution is 0.266. The largest absolute Gasteiger partial charge is 0.360 e. The maximum absolute atomic E-state index is 5.38. The summed E-state index contributed by atoms with van der Waals surface area (Å²) < 4.78 is 5.38. The fourth-order valence-corrected chi connectivity index (χ4v) is 1.85. The number of nitrogens with zero attached hydrogens (tertiary/aromatic N) is 2. The van der Waals surface area contributed by atoms with Crippen LogP contribution in [-0.2, 0) is 13.1 Å². The molecule has 0 bridgehead atoms. The molecule has 0 amide bonds. The Morgan fingerprint density at radius 3 is 2.68 bits per heavy atom. The summed E-state index contributed by atoms with van der Waals surface area (Å²) in [7, 11) is 2.13. The van der Waals surface area contributed by atoms with Gasteiger partial charge in [-0.25, -0.2) is 0 Å². The number of aromatic nitrogens is 1. The first kappa shape index (κ1) is 16.2. The van der Waals surface area contributed by atoms with Crippen LogP contribution in [0.1, 0.15) is 58.4 Å². The van der Waals surface area contributed by atoms with Gasteiger partial charge in [-0.15, -0.1) is 0 Å². The summed E-state index contributed by atoms with van der Waals surface area (Å²) in [5.41, 5.74) is 1.09. The van der Waals surface area contributed by atoms with E-state index in [-0.39, 0.29) is 5.54 Å². The van der Waals surface area contributed by atoms with Crippen LogP contribution in [0.4, 0.5) is 0 Å². The fourth-order valence-electron chi connectivity index (χ4n) is 1.85. The van der Waals surface area contributed by atoms with E-state index in [0.717, 1.165) is 31.1 Å². The second-order valence-electron chi connectivity index (χ2n) is 6.33. The van der Waals surface area contributed by atoms with Crippen molar-refractivity contribution in [1.82, 2.24) is 15.4 Å². The van der Waals surface area contributed by atoms with Gasteiger partial charge < -0.3 is 9.84 Å². The van der Waals surface area contributed by atoms with Crippen LogP contribution in [0.2, 0.25) is 0 Å². The topological polar surface area (TPSA) is 41.3 Å².